The SMILES string of the molecule is COc1c(N)cc(C#N)n1Cc1ccccc1Cl. The first-order chi connectivity index (χ1) is 8.67. The predicted octanol–water partition coefficient (Wildman–Crippen LogP) is 2.65. The average molecular weight is 262 g/mol. The highest BCUT2D eigenvalue weighted by atomic mass is 35.5. The van der Waals surface area contributed by atoms with Crippen molar-refractivity contribution < 1.29 is 4.74 Å². The van der Waals surface area contributed by atoms with Gasteiger partial charge in [-0.05, 0) is 11.6 Å². The lowest BCUT2D eigenvalue weighted by atomic mass is 10.2. The molecule has 1 aromatic heterocycles. The van der Waals surface area contributed by atoms with Crippen molar-refractivity contribution >= 4 is 17.3 Å². The molecule has 0 bridgehead atoms. The van der Waals surface area contributed by atoms with E-state index in [1.165, 1.54) is 7.11 Å². The Kier molecular flexibility index (Phi) is 3.45. The van der Waals surface area contributed by atoms with Crippen molar-refractivity contribution in [3.05, 3.63) is 46.6 Å². The summed E-state index contributed by atoms with van der Waals surface area (Å²) in [6, 6.07) is 11.1. The molecule has 92 valence electrons. The molecule has 18 heavy (non-hydrogen) atoms. The zero-order chi connectivity index (χ0) is 13.1. The van der Waals surface area contributed by atoms with E-state index in [9.17, 15) is 0 Å². The molecule has 5 heteroatoms. The minimum atomic E-state index is 0.445. The van der Waals surface area contributed by atoms with Crippen LogP contribution in [0.3, 0.4) is 0 Å². The number of hydrogen-bond acceptors (Lipinski definition) is 3. The molecule has 2 rings (SSSR count). The molecule has 0 saturated carbocycles. The number of halogens is 1. The highest BCUT2D eigenvalue weighted by Gasteiger charge is 2.14. The number of methoxy groups -OCH3 is 1. The molecule has 0 aliphatic heterocycles. The molecule has 0 radical (unpaired) electrons. The minimum Gasteiger partial charge on any atom is -0.481 e. The van der Waals surface area contributed by atoms with E-state index in [0.717, 1.165) is 5.56 Å². The summed E-state index contributed by atoms with van der Waals surface area (Å²) in [6.45, 7) is 0.447. The van der Waals surface area contributed by atoms with Crippen LogP contribution in [0.1, 0.15) is 11.3 Å². The Morgan fingerprint density at radius 1 is 1.44 bits per heavy atom. The van der Waals surface area contributed by atoms with Gasteiger partial charge in [0.15, 0.2) is 0 Å². The van der Waals surface area contributed by atoms with Crippen molar-refractivity contribution in [1.29, 1.82) is 5.26 Å². The summed E-state index contributed by atoms with van der Waals surface area (Å²) < 4.78 is 6.92. The van der Waals surface area contributed by atoms with E-state index in [0.29, 0.717) is 28.8 Å². The number of rotatable bonds is 3. The summed E-state index contributed by atoms with van der Waals surface area (Å²) in [4.78, 5) is 0. The molecule has 0 fully saturated rings. The van der Waals surface area contributed by atoms with Crippen LogP contribution in [-0.4, -0.2) is 11.7 Å². The number of ether oxygens (including phenoxy) is 1. The van der Waals surface area contributed by atoms with Gasteiger partial charge in [-0.15, -0.1) is 0 Å². The minimum absolute atomic E-state index is 0.445. The molecule has 0 spiro atoms. The highest BCUT2D eigenvalue weighted by Crippen LogP contribution is 2.28. The smallest absolute Gasteiger partial charge is 0.218 e. The number of aromatic nitrogens is 1. The first-order valence-corrected chi connectivity index (χ1v) is 5.71. The Bertz CT molecular complexity index is 613. The topological polar surface area (TPSA) is 64.0 Å². The van der Waals surface area contributed by atoms with Crippen LogP contribution in [0.25, 0.3) is 0 Å². The lowest BCUT2D eigenvalue weighted by molar-refractivity contribution is 0.379. The molecule has 4 nitrogen and oxygen atoms in total. The fraction of sp³-hybridized carbons (Fsp3) is 0.154. The molecule has 2 N–H and O–H groups in total. The van der Waals surface area contributed by atoms with Crippen molar-refractivity contribution in [1.82, 2.24) is 4.57 Å². The third-order valence-corrected chi connectivity index (χ3v) is 3.04. The van der Waals surface area contributed by atoms with Crippen molar-refractivity contribution in [3.8, 4) is 11.9 Å². The number of anilines is 1. The normalized spacial score (nSPS) is 10.1. The molecule has 0 amide bonds. The van der Waals surface area contributed by atoms with Gasteiger partial charge >= 0.3 is 0 Å². The van der Waals surface area contributed by atoms with Gasteiger partial charge in [-0.25, -0.2) is 0 Å². The standard InChI is InChI=1S/C13H12ClN3O/c1-18-13-12(16)6-10(7-15)17(13)8-9-4-2-3-5-11(9)14/h2-6H,8,16H2,1H3. The van der Waals surface area contributed by atoms with Crippen molar-refractivity contribution in [2.45, 2.75) is 6.54 Å². The molecule has 0 unspecified atom stereocenters. The number of nitrogens with two attached hydrogens (primary N) is 1. The van der Waals surface area contributed by atoms with Gasteiger partial charge in [0.1, 0.15) is 11.8 Å². The van der Waals surface area contributed by atoms with Gasteiger partial charge in [-0.2, -0.15) is 5.26 Å². The average Bonchev–Trinajstić information content (AvgIpc) is 2.67. The number of nitrogens with zero attached hydrogens (tertiary/aromatic N) is 2. The maximum Gasteiger partial charge on any atom is 0.218 e. The summed E-state index contributed by atoms with van der Waals surface area (Å²) in [5, 5.41) is 9.73. The maximum absolute atomic E-state index is 9.08. The van der Waals surface area contributed by atoms with Gasteiger partial charge in [0.25, 0.3) is 0 Å². The van der Waals surface area contributed by atoms with Crippen LogP contribution >= 0.6 is 11.6 Å². The highest BCUT2D eigenvalue weighted by molar-refractivity contribution is 6.31. The first kappa shape index (κ1) is 12.3. The van der Waals surface area contributed by atoms with Crippen molar-refractivity contribution in [3.63, 3.8) is 0 Å². The fourth-order valence-corrected chi connectivity index (χ4v) is 2.02. The quantitative estimate of drug-likeness (QED) is 0.924. The van der Waals surface area contributed by atoms with Gasteiger partial charge in [-0.3, -0.25) is 4.57 Å². The molecule has 0 aliphatic carbocycles. The van der Waals surface area contributed by atoms with Gasteiger partial charge in [0.2, 0.25) is 5.88 Å². The summed E-state index contributed by atoms with van der Waals surface area (Å²) in [6.07, 6.45) is 0. The summed E-state index contributed by atoms with van der Waals surface area (Å²) in [5.74, 6) is 0.478. The molecular formula is C13H12ClN3O. The van der Waals surface area contributed by atoms with Gasteiger partial charge in [-0.1, -0.05) is 29.8 Å². The first-order valence-electron chi connectivity index (χ1n) is 5.34. The fourth-order valence-electron chi connectivity index (χ4n) is 1.83. The van der Waals surface area contributed by atoms with Crippen LogP contribution in [0.5, 0.6) is 5.88 Å². The zero-order valence-electron chi connectivity index (χ0n) is 9.85. The zero-order valence-corrected chi connectivity index (χ0v) is 10.6. The largest absolute Gasteiger partial charge is 0.481 e. The summed E-state index contributed by atoms with van der Waals surface area (Å²) in [5.41, 5.74) is 7.59. The van der Waals surface area contributed by atoms with Crippen LogP contribution in [0.4, 0.5) is 5.69 Å². The number of hydrogen-bond donors (Lipinski definition) is 1. The predicted molar refractivity (Wildman–Crippen MR) is 70.7 cm³/mol. The molecular weight excluding hydrogens is 250 g/mol. The van der Waals surface area contributed by atoms with Crippen LogP contribution in [0.2, 0.25) is 5.02 Å². The van der Waals surface area contributed by atoms with Crippen molar-refractivity contribution in [2.75, 3.05) is 12.8 Å². The Balaban J connectivity index is 2.46. The lowest BCUT2D eigenvalue weighted by Gasteiger charge is -2.11. The van der Waals surface area contributed by atoms with E-state index >= 15 is 0 Å². The van der Waals surface area contributed by atoms with E-state index in [4.69, 9.17) is 27.3 Å². The molecule has 2 aromatic rings. The van der Waals surface area contributed by atoms with Crippen LogP contribution in [-0.2, 0) is 6.54 Å². The van der Waals surface area contributed by atoms with E-state index in [1.807, 2.05) is 24.3 Å². The Labute approximate surface area is 110 Å². The second kappa shape index (κ2) is 5.03. The van der Waals surface area contributed by atoms with Gasteiger partial charge < -0.3 is 10.5 Å². The molecule has 1 heterocycles. The van der Waals surface area contributed by atoms with E-state index in [2.05, 4.69) is 6.07 Å². The van der Waals surface area contributed by atoms with E-state index < -0.39 is 0 Å². The lowest BCUT2D eigenvalue weighted by Crippen LogP contribution is -2.05. The summed E-state index contributed by atoms with van der Waals surface area (Å²) in [7, 11) is 1.52. The molecule has 0 atom stereocenters. The molecule has 1 aromatic carbocycles. The monoisotopic (exact) mass is 261 g/mol. The van der Waals surface area contributed by atoms with Gasteiger partial charge in [0.05, 0.1) is 19.3 Å². The van der Waals surface area contributed by atoms with Crippen LogP contribution in [0, 0.1) is 11.3 Å². The Morgan fingerprint density at radius 2 is 2.17 bits per heavy atom. The third kappa shape index (κ3) is 2.13. The second-order valence-corrected chi connectivity index (χ2v) is 4.19. The Morgan fingerprint density at radius 3 is 2.78 bits per heavy atom. The van der Waals surface area contributed by atoms with Gasteiger partial charge in [0, 0.05) is 11.1 Å². The van der Waals surface area contributed by atoms with E-state index in [-0.39, 0.29) is 0 Å². The van der Waals surface area contributed by atoms with Crippen LogP contribution < -0.4 is 10.5 Å². The summed E-state index contributed by atoms with van der Waals surface area (Å²) >= 11 is 6.10. The Hall–Kier alpha value is -2.12. The number of nitrogen functional groups attached to an aromatic ring is 1. The van der Waals surface area contributed by atoms with Crippen LogP contribution in [0.15, 0.2) is 30.3 Å². The molecule has 0 saturated heterocycles. The second-order valence-electron chi connectivity index (χ2n) is 3.78. The number of nitriles is 1. The maximum atomic E-state index is 9.08. The number of benzene rings is 1. The third-order valence-electron chi connectivity index (χ3n) is 2.67. The van der Waals surface area contributed by atoms with Crippen molar-refractivity contribution in [2.24, 2.45) is 0 Å². The van der Waals surface area contributed by atoms with E-state index in [1.54, 1.807) is 10.6 Å². The molecule has 0 aliphatic rings.